The molecule has 37 heavy (non-hydrogen) atoms. The second kappa shape index (κ2) is 11.6. The Morgan fingerprint density at radius 2 is 1.73 bits per heavy atom. The molecule has 7 heteroatoms. The van der Waals surface area contributed by atoms with Crippen molar-refractivity contribution in [2.75, 3.05) is 18.4 Å². The molecule has 0 unspecified atom stereocenters. The number of carbonyl (C=O) groups is 2. The normalized spacial score (nSPS) is 11.0. The van der Waals surface area contributed by atoms with Crippen LogP contribution in [0.5, 0.6) is 0 Å². The number of hydrogen-bond acceptors (Lipinski definition) is 3. The summed E-state index contributed by atoms with van der Waals surface area (Å²) in [4.78, 5) is 28.2. The van der Waals surface area contributed by atoms with Crippen LogP contribution in [-0.4, -0.2) is 39.6 Å². The van der Waals surface area contributed by atoms with Gasteiger partial charge in [-0.05, 0) is 49.6 Å². The van der Waals surface area contributed by atoms with Crippen LogP contribution in [-0.2, 0) is 4.79 Å². The topological polar surface area (TPSA) is 67.2 Å². The van der Waals surface area contributed by atoms with E-state index in [9.17, 15) is 9.59 Å². The molecular formula is C30H31BrN4O2. The standard InChI is InChI=1S/C30H31BrN4O2/c1-20(2)18-34(30(37)24-11-8-12-25(31)16-24)19-29(36)32-28-17-26(23-9-6-5-7-10-23)33-35(28)27-14-13-21(3)15-22(27)4/h5-17,20H,18-19H2,1-4H3,(H,32,36). The molecule has 0 radical (unpaired) electrons. The van der Waals surface area contributed by atoms with Gasteiger partial charge in [-0.2, -0.15) is 5.10 Å². The quantitative estimate of drug-likeness (QED) is 0.263. The Balaban J connectivity index is 1.64. The molecule has 1 N–H and O–H groups in total. The summed E-state index contributed by atoms with van der Waals surface area (Å²) >= 11 is 3.43. The first kappa shape index (κ1) is 26.4. The van der Waals surface area contributed by atoms with E-state index in [0.717, 1.165) is 32.5 Å². The highest BCUT2D eigenvalue weighted by atomic mass is 79.9. The molecular weight excluding hydrogens is 528 g/mol. The van der Waals surface area contributed by atoms with E-state index in [-0.39, 0.29) is 24.3 Å². The van der Waals surface area contributed by atoms with Crippen LogP contribution >= 0.6 is 15.9 Å². The first-order valence-electron chi connectivity index (χ1n) is 12.3. The molecule has 1 heterocycles. The van der Waals surface area contributed by atoms with Gasteiger partial charge in [0.2, 0.25) is 5.91 Å². The summed E-state index contributed by atoms with van der Waals surface area (Å²) in [5.74, 6) is 0.289. The Hall–Kier alpha value is -3.71. The predicted octanol–water partition coefficient (Wildman–Crippen LogP) is 6.66. The summed E-state index contributed by atoms with van der Waals surface area (Å²) in [6, 6.07) is 25.1. The van der Waals surface area contributed by atoms with Crippen LogP contribution in [0.15, 0.2) is 83.3 Å². The zero-order chi connectivity index (χ0) is 26.5. The van der Waals surface area contributed by atoms with Crippen LogP contribution in [0.4, 0.5) is 5.82 Å². The molecule has 4 aromatic rings. The highest BCUT2D eigenvalue weighted by Crippen LogP contribution is 2.27. The second-order valence-electron chi connectivity index (χ2n) is 9.62. The van der Waals surface area contributed by atoms with Gasteiger partial charge in [-0.3, -0.25) is 9.59 Å². The highest BCUT2D eigenvalue weighted by Gasteiger charge is 2.22. The molecule has 1 aromatic heterocycles. The summed E-state index contributed by atoms with van der Waals surface area (Å²) in [7, 11) is 0. The number of carbonyl (C=O) groups excluding carboxylic acids is 2. The van der Waals surface area contributed by atoms with Crippen LogP contribution < -0.4 is 5.32 Å². The van der Waals surface area contributed by atoms with Crippen LogP contribution in [0, 0.1) is 19.8 Å². The van der Waals surface area contributed by atoms with Gasteiger partial charge < -0.3 is 10.2 Å². The number of anilines is 1. The fourth-order valence-corrected chi connectivity index (χ4v) is 4.67. The number of benzene rings is 3. The summed E-state index contributed by atoms with van der Waals surface area (Å²) in [5, 5.41) is 7.85. The summed E-state index contributed by atoms with van der Waals surface area (Å²) < 4.78 is 2.58. The smallest absolute Gasteiger partial charge is 0.254 e. The van der Waals surface area contributed by atoms with E-state index < -0.39 is 0 Å². The molecule has 2 amide bonds. The molecule has 0 atom stereocenters. The van der Waals surface area contributed by atoms with Crippen LogP contribution in [0.3, 0.4) is 0 Å². The lowest BCUT2D eigenvalue weighted by Crippen LogP contribution is -2.40. The van der Waals surface area contributed by atoms with Crippen molar-refractivity contribution in [3.63, 3.8) is 0 Å². The number of rotatable bonds is 8. The predicted molar refractivity (Wildman–Crippen MR) is 152 cm³/mol. The van der Waals surface area contributed by atoms with Crippen molar-refractivity contribution < 1.29 is 9.59 Å². The van der Waals surface area contributed by atoms with Crippen LogP contribution in [0.1, 0.15) is 35.3 Å². The van der Waals surface area contributed by atoms with E-state index in [2.05, 4.69) is 27.3 Å². The average molecular weight is 560 g/mol. The maximum atomic E-state index is 13.3. The van der Waals surface area contributed by atoms with E-state index >= 15 is 0 Å². The fourth-order valence-electron chi connectivity index (χ4n) is 4.27. The highest BCUT2D eigenvalue weighted by molar-refractivity contribution is 9.10. The lowest BCUT2D eigenvalue weighted by molar-refractivity contribution is -0.117. The van der Waals surface area contributed by atoms with Crippen molar-refractivity contribution in [3.05, 3.63) is 100 Å². The Kier molecular flexibility index (Phi) is 8.24. The third-order valence-corrected chi connectivity index (χ3v) is 6.40. The van der Waals surface area contributed by atoms with Crippen LogP contribution in [0.2, 0.25) is 0 Å². The van der Waals surface area contributed by atoms with Crippen LogP contribution in [0.25, 0.3) is 16.9 Å². The molecule has 190 valence electrons. The van der Waals surface area contributed by atoms with Crippen molar-refractivity contribution in [2.24, 2.45) is 5.92 Å². The molecule has 3 aromatic carbocycles. The second-order valence-corrected chi connectivity index (χ2v) is 10.5. The van der Waals surface area contributed by atoms with Gasteiger partial charge in [0.15, 0.2) is 0 Å². The molecule has 0 aliphatic carbocycles. The molecule has 6 nitrogen and oxygen atoms in total. The molecule has 0 fully saturated rings. The van der Waals surface area contributed by atoms with Crippen molar-refractivity contribution >= 4 is 33.6 Å². The Labute approximate surface area is 226 Å². The fraction of sp³-hybridized carbons (Fsp3) is 0.233. The molecule has 0 saturated carbocycles. The monoisotopic (exact) mass is 558 g/mol. The lowest BCUT2D eigenvalue weighted by Gasteiger charge is -2.24. The third-order valence-electron chi connectivity index (χ3n) is 5.91. The molecule has 0 aliphatic heterocycles. The number of hydrogen-bond donors (Lipinski definition) is 1. The lowest BCUT2D eigenvalue weighted by atomic mass is 10.1. The minimum atomic E-state index is -0.283. The number of aromatic nitrogens is 2. The molecule has 4 rings (SSSR count). The van der Waals surface area contributed by atoms with Gasteiger partial charge >= 0.3 is 0 Å². The van der Waals surface area contributed by atoms with Gasteiger partial charge in [-0.15, -0.1) is 0 Å². The molecule has 0 aliphatic rings. The Morgan fingerprint density at radius 1 is 0.973 bits per heavy atom. The zero-order valence-corrected chi connectivity index (χ0v) is 23.1. The number of halogens is 1. The largest absolute Gasteiger partial charge is 0.329 e. The minimum Gasteiger partial charge on any atom is -0.329 e. The van der Waals surface area contributed by atoms with Crippen molar-refractivity contribution in [3.8, 4) is 16.9 Å². The molecule has 0 spiro atoms. The van der Waals surface area contributed by atoms with Crippen molar-refractivity contribution in [2.45, 2.75) is 27.7 Å². The Morgan fingerprint density at radius 3 is 2.41 bits per heavy atom. The van der Waals surface area contributed by atoms with Gasteiger partial charge in [0.25, 0.3) is 5.91 Å². The summed E-state index contributed by atoms with van der Waals surface area (Å²) in [5.41, 5.74) is 5.32. The van der Waals surface area contributed by atoms with E-state index in [0.29, 0.717) is 17.9 Å². The van der Waals surface area contributed by atoms with Gasteiger partial charge in [0.1, 0.15) is 12.4 Å². The van der Waals surface area contributed by atoms with Gasteiger partial charge in [-0.1, -0.05) is 83.9 Å². The summed E-state index contributed by atoms with van der Waals surface area (Å²) in [6.07, 6.45) is 0. The van der Waals surface area contributed by atoms with Crippen molar-refractivity contribution in [1.29, 1.82) is 0 Å². The zero-order valence-electron chi connectivity index (χ0n) is 21.5. The van der Waals surface area contributed by atoms with E-state index in [1.165, 1.54) is 0 Å². The SMILES string of the molecule is Cc1ccc(-n2nc(-c3ccccc3)cc2NC(=O)CN(CC(C)C)C(=O)c2cccc(Br)c2)c(C)c1. The van der Waals surface area contributed by atoms with Crippen molar-refractivity contribution in [1.82, 2.24) is 14.7 Å². The first-order valence-corrected chi connectivity index (χ1v) is 13.1. The Bertz CT molecular complexity index is 1410. The van der Waals surface area contributed by atoms with Gasteiger partial charge in [0.05, 0.1) is 11.4 Å². The number of nitrogens with one attached hydrogen (secondary N) is 1. The number of nitrogens with zero attached hydrogens (tertiary/aromatic N) is 3. The third kappa shape index (κ3) is 6.54. The van der Waals surface area contributed by atoms with E-state index in [4.69, 9.17) is 5.10 Å². The maximum absolute atomic E-state index is 13.3. The van der Waals surface area contributed by atoms with Gasteiger partial charge in [0, 0.05) is 28.2 Å². The van der Waals surface area contributed by atoms with E-state index in [1.807, 2.05) is 88.4 Å². The first-order chi connectivity index (χ1) is 17.7. The average Bonchev–Trinajstić information content (AvgIpc) is 3.26. The van der Waals surface area contributed by atoms with Gasteiger partial charge in [-0.25, -0.2) is 4.68 Å². The molecule has 0 bridgehead atoms. The maximum Gasteiger partial charge on any atom is 0.254 e. The number of amides is 2. The van der Waals surface area contributed by atoms with E-state index in [1.54, 1.807) is 21.7 Å². The summed E-state index contributed by atoms with van der Waals surface area (Å²) in [6.45, 7) is 8.52. The number of aryl methyl sites for hydroxylation is 2. The minimum absolute atomic E-state index is 0.0672. The molecule has 0 saturated heterocycles.